The molecule has 0 unspecified atom stereocenters. The van der Waals surface area contributed by atoms with Crippen LogP contribution in [0.3, 0.4) is 0 Å². The summed E-state index contributed by atoms with van der Waals surface area (Å²) in [5.41, 5.74) is 11.6. The first-order valence-electron chi connectivity index (χ1n) is 18.8. The van der Waals surface area contributed by atoms with Crippen LogP contribution in [-0.4, -0.2) is 19.9 Å². The molecule has 0 bridgehead atoms. The van der Waals surface area contributed by atoms with Gasteiger partial charge in [0.15, 0.2) is 17.5 Å². The molecule has 0 aliphatic rings. The monoisotopic (exact) mass is 714 g/mol. The van der Waals surface area contributed by atoms with Crippen molar-refractivity contribution in [3.05, 3.63) is 207 Å². The van der Waals surface area contributed by atoms with E-state index in [2.05, 4.69) is 182 Å². The molecule has 0 fully saturated rings. The quantitative estimate of drug-likeness (QED) is 0.154. The Morgan fingerprint density at radius 2 is 0.679 bits per heavy atom. The van der Waals surface area contributed by atoms with E-state index in [9.17, 15) is 0 Å². The van der Waals surface area contributed by atoms with Crippen molar-refractivity contribution in [2.24, 2.45) is 0 Å². The number of hydrogen-bond acceptors (Lipinski definition) is 4. The maximum Gasteiger partial charge on any atom is 0.164 e. The minimum atomic E-state index is 0.607. The zero-order valence-corrected chi connectivity index (χ0v) is 30.4. The first kappa shape index (κ1) is 33.0. The molecule has 0 amide bonds. The summed E-state index contributed by atoms with van der Waals surface area (Å²) in [5, 5.41) is 4.90. The van der Waals surface area contributed by atoms with E-state index in [0.29, 0.717) is 17.5 Å². The van der Waals surface area contributed by atoms with E-state index in [4.69, 9.17) is 19.9 Å². The van der Waals surface area contributed by atoms with Crippen LogP contribution in [-0.2, 0) is 0 Å². The van der Waals surface area contributed by atoms with Crippen molar-refractivity contribution < 1.29 is 0 Å². The molecule has 0 atom stereocenters. The zero-order chi connectivity index (χ0) is 37.3. The minimum absolute atomic E-state index is 0.607. The number of fused-ring (bicyclic) bond motifs is 3. The Hall–Kier alpha value is -7.56. The lowest BCUT2D eigenvalue weighted by atomic mass is 9.93. The van der Waals surface area contributed by atoms with Gasteiger partial charge in [-0.15, -0.1) is 0 Å². The van der Waals surface area contributed by atoms with Crippen LogP contribution in [0.5, 0.6) is 0 Å². The predicted octanol–water partition coefficient (Wildman–Crippen LogP) is 13.2. The molecule has 2 heterocycles. The molecular formula is C52H34N4. The van der Waals surface area contributed by atoms with Crippen molar-refractivity contribution in [3.8, 4) is 78.7 Å². The van der Waals surface area contributed by atoms with Gasteiger partial charge in [-0.25, -0.2) is 15.0 Å². The maximum atomic E-state index is 5.09. The number of nitrogens with zero attached hydrogens (tertiary/aromatic N) is 4. The van der Waals surface area contributed by atoms with Gasteiger partial charge in [0.2, 0.25) is 0 Å². The van der Waals surface area contributed by atoms with Crippen LogP contribution in [0.2, 0.25) is 0 Å². The van der Waals surface area contributed by atoms with Crippen LogP contribution in [0.4, 0.5) is 0 Å². The van der Waals surface area contributed by atoms with Gasteiger partial charge in [0.05, 0.1) is 0 Å². The molecule has 4 heteroatoms. The van der Waals surface area contributed by atoms with Crippen molar-refractivity contribution in [3.63, 3.8) is 0 Å². The van der Waals surface area contributed by atoms with Crippen LogP contribution >= 0.6 is 0 Å². The summed E-state index contributed by atoms with van der Waals surface area (Å²) >= 11 is 0. The molecule has 262 valence electrons. The van der Waals surface area contributed by atoms with Gasteiger partial charge in [-0.05, 0) is 73.1 Å². The van der Waals surface area contributed by atoms with Gasteiger partial charge in [0.1, 0.15) is 0 Å². The molecule has 10 aromatic rings. The highest BCUT2D eigenvalue weighted by molar-refractivity contribution is 6.13. The van der Waals surface area contributed by atoms with E-state index in [1.54, 1.807) is 0 Å². The Kier molecular flexibility index (Phi) is 8.47. The molecule has 4 nitrogen and oxygen atoms in total. The average Bonchev–Trinajstić information content (AvgIpc) is 3.29. The number of hydrogen-bond donors (Lipinski definition) is 0. The van der Waals surface area contributed by atoms with Crippen molar-refractivity contribution in [2.75, 3.05) is 0 Å². The van der Waals surface area contributed by atoms with Crippen LogP contribution in [0.25, 0.3) is 100 Å². The molecule has 0 aliphatic heterocycles. The third-order valence-electron chi connectivity index (χ3n) is 10.4. The van der Waals surface area contributed by atoms with Crippen LogP contribution in [0.1, 0.15) is 0 Å². The van der Waals surface area contributed by atoms with Gasteiger partial charge in [0.25, 0.3) is 0 Å². The third-order valence-corrected chi connectivity index (χ3v) is 10.4. The van der Waals surface area contributed by atoms with Crippen molar-refractivity contribution in [1.29, 1.82) is 0 Å². The van der Waals surface area contributed by atoms with E-state index in [1.165, 1.54) is 32.7 Å². The van der Waals surface area contributed by atoms with Crippen LogP contribution in [0.15, 0.2) is 207 Å². The third kappa shape index (κ3) is 6.40. The lowest BCUT2D eigenvalue weighted by molar-refractivity contribution is 1.07. The lowest BCUT2D eigenvalue weighted by Crippen LogP contribution is -2.00. The summed E-state index contributed by atoms with van der Waals surface area (Å²) in [6.07, 6.45) is 3.89. The second-order valence-electron chi connectivity index (χ2n) is 13.9. The highest BCUT2D eigenvalue weighted by Gasteiger charge is 2.15. The number of rotatable bonds is 7. The van der Waals surface area contributed by atoms with Gasteiger partial charge in [-0.2, -0.15) is 0 Å². The largest absolute Gasteiger partial charge is 0.263 e. The summed E-state index contributed by atoms with van der Waals surface area (Å²) in [4.78, 5) is 20.0. The van der Waals surface area contributed by atoms with E-state index < -0.39 is 0 Å². The van der Waals surface area contributed by atoms with Crippen LogP contribution < -0.4 is 0 Å². The molecule has 10 rings (SSSR count). The Morgan fingerprint density at radius 1 is 0.250 bits per heavy atom. The normalized spacial score (nSPS) is 11.2. The minimum Gasteiger partial charge on any atom is -0.263 e. The Morgan fingerprint density at radius 3 is 1.30 bits per heavy atom. The van der Waals surface area contributed by atoms with Crippen LogP contribution in [0, 0.1) is 0 Å². The molecule has 8 aromatic carbocycles. The number of aromatic nitrogens is 4. The maximum absolute atomic E-state index is 5.09. The predicted molar refractivity (Wildman–Crippen MR) is 231 cm³/mol. The van der Waals surface area contributed by atoms with Gasteiger partial charge < -0.3 is 0 Å². The molecule has 0 saturated carbocycles. The topological polar surface area (TPSA) is 51.6 Å². The smallest absolute Gasteiger partial charge is 0.164 e. The van der Waals surface area contributed by atoms with E-state index in [0.717, 1.165) is 50.1 Å². The summed E-state index contributed by atoms with van der Waals surface area (Å²) < 4.78 is 0. The van der Waals surface area contributed by atoms with E-state index in [1.807, 2.05) is 24.5 Å². The average molecular weight is 715 g/mol. The highest BCUT2D eigenvalue weighted by Crippen LogP contribution is 2.37. The van der Waals surface area contributed by atoms with Gasteiger partial charge in [-0.3, -0.25) is 4.98 Å². The molecule has 2 aromatic heterocycles. The number of pyridine rings is 1. The summed E-state index contributed by atoms with van der Waals surface area (Å²) in [7, 11) is 0. The summed E-state index contributed by atoms with van der Waals surface area (Å²) in [5.74, 6) is 1.85. The molecule has 0 saturated heterocycles. The summed E-state index contributed by atoms with van der Waals surface area (Å²) in [6.45, 7) is 0. The Balaban J connectivity index is 1.06. The van der Waals surface area contributed by atoms with Gasteiger partial charge in [0, 0.05) is 40.2 Å². The summed E-state index contributed by atoms with van der Waals surface area (Å²) in [6, 6.07) is 67.8. The van der Waals surface area contributed by atoms with Gasteiger partial charge in [-0.1, -0.05) is 176 Å². The van der Waals surface area contributed by atoms with E-state index in [-0.39, 0.29) is 0 Å². The first-order chi connectivity index (χ1) is 27.7. The Bertz CT molecular complexity index is 2890. The SMILES string of the molecule is c1ccc(-c2ccc(-c3nc(-c4ccc(-c5ccccc5)cc4)nc(-c4cccc(-c5cncc(-c6cc7ccccc7c7ccccc67)c5)c4)n3)cc2)cc1. The molecule has 0 spiro atoms. The van der Waals surface area contributed by atoms with Crippen molar-refractivity contribution in [2.45, 2.75) is 0 Å². The Labute approximate surface area is 325 Å². The van der Waals surface area contributed by atoms with Crippen molar-refractivity contribution in [1.82, 2.24) is 19.9 Å². The fourth-order valence-electron chi connectivity index (χ4n) is 7.52. The molecular weight excluding hydrogens is 681 g/mol. The van der Waals surface area contributed by atoms with E-state index >= 15 is 0 Å². The standard InChI is InChI=1S/C52H34N4/c1-3-12-35(13-4-1)37-22-26-39(27-23-37)50-54-51(40-28-24-38(25-29-40)36-14-5-2-6-15-36)56-52(55-50)43-18-11-17-41(30-43)44-31-45(34-53-33-44)49-32-42-16-7-8-19-46(42)47-20-9-10-21-48(47)49/h1-34H. The molecule has 0 N–H and O–H groups in total. The molecule has 0 aliphatic carbocycles. The lowest BCUT2D eigenvalue weighted by Gasteiger charge is -2.12. The van der Waals surface area contributed by atoms with Crippen molar-refractivity contribution >= 4 is 21.5 Å². The molecule has 0 radical (unpaired) electrons. The second kappa shape index (κ2) is 14.3. The fourth-order valence-corrected chi connectivity index (χ4v) is 7.52. The first-order valence-corrected chi connectivity index (χ1v) is 18.8. The molecule has 56 heavy (non-hydrogen) atoms. The second-order valence-corrected chi connectivity index (χ2v) is 13.9. The zero-order valence-electron chi connectivity index (χ0n) is 30.4. The fraction of sp³-hybridized carbons (Fsp3) is 0. The number of benzene rings is 8. The van der Waals surface area contributed by atoms with Gasteiger partial charge >= 0.3 is 0 Å². The highest BCUT2D eigenvalue weighted by atomic mass is 15.0.